The molecule has 164 valence electrons. The first-order chi connectivity index (χ1) is 14.9. The zero-order valence-electron chi connectivity index (χ0n) is 18.1. The van der Waals surface area contributed by atoms with Crippen LogP contribution in [0.3, 0.4) is 0 Å². The molecule has 0 radical (unpaired) electrons. The van der Waals surface area contributed by atoms with Crippen LogP contribution in [-0.2, 0) is 29.0 Å². The largest absolute Gasteiger partial charge is 0.468 e. The highest BCUT2D eigenvalue weighted by Crippen LogP contribution is 2.22. The minimum Gasteiger partial charge on any atom is -0.468 e. The lowest BCUT2D eigenvalue weighted by atomic mass is 10.1. The Morgan fingerprint density at radius 2 is 1.97 bits per heavy atom. The van der Waals surface area contributed by atoms with Gasteiger partial charge in [0.25, 0.3) is 5.91 Å². The Kier molecular flexibility index (Phi) is 7.25. The third kappa shape index (κ3) is 5.61. The number of nitrogens with one attached hydrogen (secondary N) is 2. The molecule has 0 spiro atoms. The SMILES string of the molecule is COC(=O)CNc1c(CC(C)C)nc2cc(C(=O)NCc3cccc(CN)c3)ccn12. The van der Waals surface area contributed by atoms with Gasteiger partial charge in [0.15, 0.2) is 0 Å². The Hall–Kier alpha value is -3.39. The first kappa shape index (κ1) is 22.3. The summed E-state index contributed by atoms with van der Waals surface area (Å²) in [7, 11) is 1.35. The Balaban J connectivity index is 1.80. The van der Waals surface area contributed by atoms with Gasteiger partial charge >= 0.3 is 5.97 Å². The van der Waals surface area contributed by atoms with Crippen LogP contribution in [-0.4, -0.2) is 34.9 Å². The van der Waals surface area contributed by atoms with E-state index in [4.69, 9.17) is 15.5 Å². The minimum absolute atomic E-state index is 0.0412. The van der Waals surface area contributed by atoms with Crippen molar-refractivity contribution >= 4 is 23.3 Å². The number of nitrogens with zero attached hydrogens (tertiary/aromatic N) is 2. The molecule has 0 aliphatic carbocycles. The zero-order valence-corrected chi connectivity index (χ0v) is 18.1. The summed E-state index contributed by atoms with van der Waals surface area (Å²) in [5.74, 6) is 0.577. The summed E-state index contributed by atoms with van der Waals surface area (Å²) in [6.45, 7) is 5.12. The van der Waals surface area contributed by atoms with Crippen LogP contribution in [0, 0.1) is 5.92 Å². The molecule has 0 bridgehead atoms. The van der Waals surface area contributed by atoms with Gasteiger partial charge in [-0.25, -0.2) is 4.98 Å². The molecular formula is C23H29N5O3. The topological polar surface area (TPSA) is 111 Å². The van der Waals surface area contributed by atoms with Gasteiger partial charge in [-0.05, 0) is 35.6 Å². The number of carbonyl (C=O) groups is 2. The van der Waals surface area contributed by atoms with Crippen molar-refractivity contribution in [2.24, 2.45) is 11.7 Å². The number of fused-ring (bicyclic) bond motifs is 1. The van der Waals surface area contributed by atoms with Crippen LogP contribution >= 0.6 is 0 Å². The van der Waals surface area contributed by atoms with E-state index in [-0.39, 0.29) is 18.4 Å². The maximum Gasteiger partial charge on any atom is 0.325 e. The van der Waals surface area contributed by atoms with Crippen LogP contribution in [0.25, 0.3) is 5.65 Å². The molecule has 4 N–H and O–H groups in total. The molecule has 8 nitrogen and oxygen atoms in total. The molecule has 0 aliphatic heterocycles. The van der Waals surface area contributed by atoms with E-state index >= 15 is 0 Å². The van der Waals surface area contributed by atoms with Gasteiger partial charge in [-0.2, -0.15) is 0 Å². The van der Waals surface area contributed by atoms with Crippen molar-refractivity contribution in [3.8, 4) is 0 Å². The highest BCUT2D eigenvalue weighted by Gasteiger charge is 2.16. The number of esters is 1. The van der Waals surface area contributed by atoms with Crippen LogP contribution in [0.1, 0.15) is 41.0 Å². The quantitative estimate of drug-likeness (QED) is 0.456. The number of pyridine rings is 1. The van der Waals surface area contributed by atoms with Crippen molar-refractivity contribution < 1.29 is 14.3 Å². The molecule has 1 amide bonds. The molecule has 8 heteroatoms. The van der Waals surface area contributed by atoms with Gasteiger partial charge in [-0.1, -0.05) is 38.1 Å². The van der Waals surface area contributed by atoms with E-state index in [1.54, 1.807) is 18.3 Å². The maximum absolute atomic E-state index is 12.7. The number of hydrogen-bond donors (Lipinski definition) is 3. The second-order valence-electron chi connectivity index (χ2n) is 7.79. The number of aromatic nitrogens is 2. The number of nitrogens with two attached hydrogens (primary N) is 1. The number of amides is 1. The number of methoxy groups -OCH3 is 1. The predicted octanol–water partition coefficient (Wildman–Crippen LogP) is 2.51. The van der Waals surface area contributed by atoms with Crippen molar-refractivity contribution in [2.45, 2.75) is 33.4 Å². The van der Waals surface area contributed by atoms with Gasteiger partial charge in [0.2, 0.25) is 0 Å². The fourth-order valence-corrected chi connectivity index (χ4v) is 3.33. The summed E-state index contributed by atoms with van der Waals surface area (Å²) >= 11 is 0. The van der Waals surface area contributed by atoms with Crippen molar-refractivity contribution in [3.05, 3.63) is 65.0 Å². The van der Waals surface area contributed by atoms with Crippen LogP contribution < -0.4 is 16.4 Å². The fraction of sp³-hybridized carbons (Fsp3) is 0.348. The molecule has 0 saturated heterocycles. The van der Waals surface area contributed by atoms with Gasteiger partial charge < -0.3 is 21.1 Å². The highest BCUT2D eigenvalue weighted by atomic mass is 16.5. The second kappa shape index (κ2) is 10.1. The molecule has 0 atom stereocenters. The molecule has 0 fully saturated rings. The lowest BCUT2D eigenvalue weighted by molar-refractivity contribution is -0.138. The normalized spacial score (nSPS) is 11.0. The van der Waals surface area contributed by atoms with Gasteiger partial charge in [-0.3, -0.25) is 14.0 Å². The Morgan fingerprint density at radius 1 is 1.19 bits per heavy atom. The monoisotopic (exact) mass is 423 g/mol. The number of imidazole rings is 1. The summed E-state index contributed by atoms with van der Waals surface area (Å²) in [5.41, 5.74) is 9.70. The summed E-state index contributed by atoms with van der Waals surface area (Å²) in [6.07, 6.45) is 2.53. The van der Waals surface area contributed by atoms with E-state index in [0.717, 1.165) is 29.1 Å². The summed E-state index contributed by atoms with van der Waals surface area (Å²) in [4.78, 5) is 29.0. The lowest BCUT2D eigenvalue weighted by Crippen LogP contribution is -2.23. The minimum atomic E-state index is -0.361. The van der Waals surface area contributed by atoms with Crippen molar-refractivity contribution in [1.82, 2.24) is 14.7 Å². The van der Waals surface area contributed by atoms with E-state index in [9.17, 15) is 9.59 Å². The first-order valence-corrected chi connectivity index (χ1v) is 10.3. The molecule has 3 aromatic rings. The highest BCUT2D eigenvalue weighted by molar-refractivity contribution is 5.95. The predicted molar refractivity (Wildman–Crippen MR) is 120 cm³/mol. The van der Waals surface area contributed by atoms with E-state index in [0.29, 0.717) is 30.2 Å². The van der Waals surface area contributed by atoms with Crippen molar-refractivity contribution in [2.75, 3.05) is 19.0 Å². The van der Waals surface area contributed by atoms with Crippen molar-refractivity contribution in [3.63, 3.8) is 0 Å². The number of benzene rings is 1. The number of hydrogen-bond acceptors (Lipinski definition) is 6. The van der Waals surface area contributed by atoms with Crippen molar-refractivity contribution in [1.29, 1.82) is 0 Å². The fourth-order valence-electron chi connectivity index (χ4n) is 3.33. The molecule has 1 aromatic carbocycles. The van der Waals surface area contributed by atoms with Gasteiger partial charge in [0, 0.05) is 24.8 Å². The zero-order chi connectivity index (χ0) is 22.4. The molecule has 3 rings (SSSR count). The third-order valence-electron chi connectivity index (χ3n) is 4.87. The number of anilines is 1. The first-order valence-electron chi connectivity index (χ1n) is 10.3. The van der Waals surface area contributed by atoms with Crippen LogP contribution in [0.4, 0.5) is 5.82 Å². The van der Waals surface area contributed by atoms with E-state index < -0.39 is 0 Å². The second-order valence-corrected chi connectivity index (χ2v) is 7.79. The average Bonchev–Trinajstić information content (AvgIpc) is 3.11. The molecule has 31 heavy (non-hydrogen) atoms. The standard InChI is InChI=1S/C23H29N5O3/c1-15(2)9-19-22(25-14-21(29)31-3)28-8-7-18(11-20(28)27-19)23(30)26-13-17-6-4-5-16(10-17)12-24/h4-8,10-11,15,25H,9,12-14,24H2,1-3H3,(H,26,30). The Labute approximate surface area is 181 Å². The summed E-state index contributed by atoms with van der Waals surface area (Å²) in [5, 5.41) is 6.05. The Bertz CT molecular complexity index is 1070. The number of rotatable bonds is 9. The molecule has 0 unspecified atom stereocenters. The molecule has 0 saturated carbocycles. The average molecular weight is 424 g/mol. The van der Waals surface area contributed by atoms with E-state index in [2.05, 4.69) is 24.5 Å². The molecule has 2 aromatic heterocycles. The summed E-state index contributed by atoms with van der Waals surface area (Å²) in [6, 6.07) is 11.3. The van der Waals surface area contributed by atoms with Gasteiger partial charge in [0.05, 0.1) is 12.8 Å². The van der Waals surface area contributed by atoms with Crippen LogP contribution in [0.5, 0.6) is 0 Å². The van der Waals surface area contributed by atoms with E-state index in [1.165, 1.54) is 7.11 Å². The smallest absolute Gasteiger partial charge is 0.325 e. The summed E-state index contributed by atoms with van der Waals surface area (Å²) < 4.78 is 6.57. The molecule has 0 aliphatic rings. The number of ether oxygens (including phenoxy) is 1. The van der Waals surface area contributed by atoms with E-state index in [1.807, 2.05) is 28.7 Å². The van der Waals surface area contributed by atoms with Gasteiger partial charge in [0.1, 0.15) is 18.0 Å². The van der Waals surface area contributed by atoms with Gasteiger partial charge in [-0.15, -0.1) is 0 Å². The third-order valence-corrected chi connectivity index (χ3v) is 4.87. The van der Waals surface area contributed by atoms with Crippen LogP contribution in [0.2, 0.25) is 0 Å². The van der Waals surface area contributed by atoms with Crippen LogP contribution in [0.15, 0.2) is 42.6 Å². The number of carbonyl (C=O) groups excluding carboxylic acids is 2. The molecular weight excluding hydrogens is 394 g/mol. The maximum atomic E-state index is 12.7. The lowest BCUT2D eigenvalue weighted by Gasteiger charge is -2.10. The molecule has 2 heterocycles. The Morgan fingerprint density at radius 3 is 2.68 bits per heavy atom.